The summed E-state index contributed by atoms with van der Waals surface area (Å²) >= 11 is 0. The molecule has 0 spiro atoms. The van der Waals surface area contributed by atoms with Gasteiger partial charge in [0.25, 0.3) is 0 Å². The quantitative estimate of drug-likeness (QED) is 0.704. The van der Waals surface area contributed by atoms with Crippen molar-refractivity contribution in [3.63, 3.8) is 0 Å². The van der Waals surface area contributed by atoms with Crippen molar-refractivity contribution in [2.45, 2.75) is 13.3 Å². The van der Waals surface area contributed by atoms with Gasteiger partial charge < -0.3 is 0 Å². The van der Waals surface area contributed by atoms with Gasteiger partial charge in [0.05, 0.1) is 5.69 Å². The third-order valence-corrected chi connectivity index (χ3v) is 3.70. The van der Waals surface area contributed by atoms with Crippen molar-refractivity contribution in [2.24, 2.45) is 0 Å². The Labute approximate surface area is 81.2 Å². The minimum atomic E-state index is -0.830. The Morgan fingerprint density at radius 1 is 1.46 bits per heavy atom. The van der Waals surface area contributed by atoms with Gasteiger partial charge in [0.1, 0.15) is 11.0 Å². The number of rotatable bonds is 2. The minimum absolute atomic E-state index is 0.703. The first-order valence-electron chi connectivity index (χ1n) is 4.57. The molecule has 0 bridgehead atoms. The number of hydrogen-bond acceptors (Lipinski definition) is 1. The average molecular weight is 195 g/mol. The fraction of sp³-hybridized carbons (Fsp3) is 0.400. The van der Waals surface area contributed by atoms with Crippen LogP contribution in [0.15, 0.2) is 24.3 Å². The van der Waals surface area contributed by atoms with Crippen molar-refractivity contribution in [3.8, 4) is 0 Å². The summed E-state index contributed by atoms with van der Waals surface area (Å²) in [4.78, 5) is 0. The zero-order valence-corrected chi connectivity index (χ0v) is 8.51. The Hall–Kier alpha value is -0.830. The van der Waals surface area contributed by atoms with Gasteiger partial charge in [-0.1, -0.05) is 25.1 Å². The first-order valence-corrected chi connectivity index (χ1v) is 5.84. The molecule has 1 aromatic rings. The number of anilines is 1. The van der Waals surface area contributed by atoms with E-state index < -0.39 is 11.0 Å². The largest absolute Gasteiger partial charge is 0.291 e. The van der Waals surface area contributed by atoms with Crippen LogP contribution in [0.5, 0.6) is 0 Å². The third-order valence-electron chi connectivity index (χ3n) is 2.34. The molecule has 1 aliphatic rings. The zero-order chi connectivity index (χ0) is 9.26. The SMILES string of the molecule is CCS(=O)N1CCc2ccccc21. The van der Waals surface area contributed by atoms with E-state index in [-0.39, 0.29) is 0 Å². The highest BCUT2D eigenvalue weighted by atomic mass is 32.2. The lowest BCUT2D eigenvalue weighted by Crippen LogP contribution is -2.24. The van der Waals surface area contributed by atoms with Gasteiger partial charge in [-0.25, -0.2) is 4.21 Å². The Morgan fingerprint density at radius 2 is 2.23 bits per heavy atom. The summed E-state index contributed by atoms with van der Waals surface area (Å²) in [5.41, 5.74) is 2.48. The van der Waals surface area contributed by atoms with Crippen LogP contribution in [-0.4, -0.2) is 16.5 Å². The van der Waals surface area contributed by atoms with Crippen LogP contribution < -0.4 is 4.31 Å². The molecule has 0 N–H and O–H groups in total. The first kappa shape index (κ1) is 8.75. The van der Waals surface area contributed by atoms with Crippen LogP contribution in [0.2, 0.25) is 0 Å². The maximum absolute atomic E-state index is 11.6. The van der Waals surface area contributed by atoms with E-state index in [4.69, 9.17) is 0 Å². The molecule has 13 heavy (non-hydrogen) atoms. The van der Waals surface area contributed by atoms with E-state index in [1.54, 1.807) is 0 Å². The molecular formula is C10H13NOS. The normalized spacial score (nSPS) is 17.2. The zero-order valence-electron chi connectivity index (χ0n) is 7.69. The molecule has 2 nitrogen and oxygen atoms in total. The van der Waals surface area contributed by atoms with Gasteiger partial charge in [0, 0.05) is 12.3 Å². The summed E-state index contributed by atoms with van der Waals surface area (Å²) in [5.74, 6) is 0.703. The van der Waals surface area contributed by atoms with Crippen LogP contribution in [0.4, 0.5) is 5.69 Å². The third kappa shape index (κ3) is 1.48. The van der Waals surface area contributed by atoms with E-state index in [2.05, 4.69) is 12.1 Å². The van der Waals surface area contributed by atoms with Crippen LogP contribution in [0.25, 0.3) is 0 Å². The molecule has 0 aromatic heterocycles. The Balaban J connectivity index is 2.33. The number of hydrogen-bond donors (Lipinski definition) is 0. The molecule has 70 valence electrons. The number of nitrogens with zero attached hydrogens (tertiary/aromatic N) is 1. The van der Waals surface area contributed by atoms with Gasteiger partial charge in [-0.2, -0.15) is 0 Å². The van der Waals surface area contributed by atoms with Crippen LogP contribution >= 0.6 is 0 Å². The van der Waals surface area contributed by atoms with Gasteiger partial charge in [-0.05, 0) is 18.1 Å². The molecule has 0 saturated heterocycles. The Morgan fingerprint density at radius 3 is 3.00 bits per heavy atom. The van der Waals surface area contributed by atoms with E-state index in [1.165, 1.54) is 5.56 Å². The first-order chi connectivity index (χ1) is 6.33. The van der Waals surface area contributed by atoms with E-state index in [9.17, 15) is 4.21 Å². The molecule has 0 aliphatic carbocycles. The number of para-hydroxylation sites is 1. The molecule has 0 radical (unpaired) electrons. The molecule has 3 heteroatoms. The maximum Gasteiger partial charge on any atom is 0.119 e. The fourth-order valence-electron chi connectivity index (χ4n) is 1.68. The van der Waals surface area contributed by atoms with Gasteiger partial charge in [0.2, 0.25) is 0 Å². The van der Waals surface area contributed by atoms with Crippen molar-refractivity contribution in [2.75, 3.05) is 16.6 Å². The molecule has 1 atom stereocenters. The van der Waals surface area contributed by atoms with Crippen LogP contribution in [0.1, 0.15) is 12.5 Å². The van der Waals surface area contributed by atoms with Crippen molar-refractivity contribution >= 4 is 16.7 Å². The molecule has 0 saturated carbocycles. The van der Waals surface area contributed by atoms with E-state index >= 15 is 0 Å². The van der Waals surface area contributed by atoms with Gasteiger partial charge in [-0.15, -0.1) is 0 Å². The lowest BCUT2D eigenvalue weighted by atomic mass is 10.2. The summed E-state index contributed by atoms with van der Waals surface area (Å²) in [5, 5.41) is 0. The van der Waals surface area contributed by atoms with Crippen molar-refractivity contribution < 1.29 is 4.21 Å². The standard InChI is InChI=1S/C10H13NOS/c1-2-13(12)11-8-7-9-5-3-4-6-10(9)11/h3-6H,2,7-8H2,1H3. The predicted molar refractivity (Wildman–Crippen MR) is 56.2 cm³/mol. The molecule has 1 aliphatic heterocycles. The highest BCUT2D eigenvalue weighted by Gasteiger charge is 2.21. The maximum atomic E-state index is 11.6. The minimum Gasteiger partial charge on any atom is -0.291 e. The molecule has 1 unspecified atom stereocenters. The summed E-state index contributed by atoms with van der Waals surface area (Å²) < 4.78 is 13.6. The lowest BCUT2D eigenvalue weighted by Gasteiger charge is -2.16. The monoisotopic (exact) mass is 195 g/mol. The number of benzene rings is 1. The molecule has 0 fully saturated rings. The Bertz CT molecular complexity index is 337. The predicted octanol–water partition coefficient (Wildman–Crippen LogP) is 1.73. The highest BCUT2D eigenvalue weighted by molar-refractivity contribution is 7.86. The van der Waals surface area contributed by atoms with E-state index in [0.717, 1.165) is 18.7 Å². The smallest absolute Gasteiger partial charge is 0.119 e. The summed E-state index contributed by atoms with van der Waals surface area (Å²) in [6.07, 6.45) is 1.03. The lowest BCUT2D eigenvalue weighted by molar-refractivity contribution is 0.681. The fourth-order valence-corrected chi connectivity index (χ4v) is 2.68. The summed E-state index contributed by atoms with van der Waals surface area (Å²) in [6.45, 7) is 2.86. The summed E-state index contributed by atoms with van der Waals surface area (Å²) in [6, 6.07) is 8.21. The second kappa shape index (κ2) is 3.50. The molecule has 1 aromatic carbocycles. The summed E-state index contributed by atoms with van der Waals surface area (Å²) in [7, 11) is -0.830. The van der Waals surface area contributed by atoms with Gasteiger partial charge in [-0.3, -0.25) is 4.31 Å². The topological polar surface area (TPSA) is 20.3 Å². The number of fused-ring (bicyclic) bond motifs is 1. The van der Waals surface area contributed by atoms with Crippen LogP contribution in [0.3, 0.4) is 0 Å². The highest BCUT2D eigenvalue weighted by Crippen LogP contribution is 2.28. The van der Waals surface area contributed by atoms with Crippen LogP contribution in [-0.2, 0) is 17.4 Å². The van der Waals surface area contributed by atoms with Gasteiger partial charge >= 0.3 is 0 Å². The van der Waals surface area contributed by atoms with Gasteiger partial charge in [0.15, 0.2) is 0 Å². The molecule has 0 amide bonds. The van der Waals surface area contributed by atoms with Crippen molar-refractivity contribution in [1.29, 1.82) is 0 Å². The molecule has 2 rings (SSSR count). The molecule has 1 heterocycles. The molecular weight excluding hydrogens is 182 g/mol. The average Bonchev–Trinajstić information content (AvgIpc) is 2.60. The Kier molecular flexibility index (Phi) is 2.36. The second-order valence-corrected chi connectivity index (χ2v) is 4.75. The van der Waals surface area contributed by atoms with Crippen LogP contribution in [0, 0.1) is 0 Å². The van der Waals surface area contributed by atoms with E-state index in [1.807, 2.05) is 23.4 Å². The van der Waals surface area contributed by atoms with Crippen molar-refractivity contribution in [3.05, 3.63) is 29.8 Å². The second-order valence-electron chi connectivity index (χ2n) is 3.09. The van der Waals surface area contributed by atoms with Crippen molar-refractivity contribution in [1.82, 2.24) is 0 Å². The van der Waals surface area contributed by atoms with E-state index in [0.29, 0.717) is 5.75 Å².